The van der Waals surface area contributed by atoms with Crippen molar-refractivity contribution in [3.63, 3.8) is 0 Å². The third-order valence-electron chi connectivity index (χ3n) is 4.29. The molecule has 2 aromatic rings. The van der Waals surface area contributed by atoms with Gasteiger partial charge in [-0.05, 0) is 56.5 Å². The first-order valence-corrected chi connectivity index (χ1v) is 8.21. The molecule has 0 unspecified atom stereocenters. The number of carbonyl (C=O) groups excluding carboxylic acids is 1. The van der Waals surface area contributed by atoms with Crippen molar-refractivity contribution in [2.24, 2.45) is 5.92 Å². The Morgan fingerprint density at radius 2 is 1.92 bits per heavy atom. The summed E-state index contributed by atoms with van der Waals surface area (Å²) in [5, 5.41) is 16.6. The fourth-order valence-electron chi connectivity index (χ4n) is 3.18. The predicted molar refractivity (Wildman–Crippen MR) is 93.4 cm³/mol. The van der Waals surface area contributed by atoms with Crippen molar-refractivity contribution in [3.8, 4) is 5.69 Å². The Hall–Kier alpha value is -2.40. The molecule has 1 heterocycles. The van der Waals surface area contributed by atoms with E-state index < -0.39 is 0 Å². The van der Waals surface area contributed by atoms with Gasteiger partial charge in [-0.1, -0.05) is 18.2 Å². The topological polar surface area (TPSA) is 67.2 Å². The fraction of sp³-hybridized carbons (Fsp3) is 0.368. The maximum absolute atomic E-state index is 12.4. The van der Waals surface area contributed by atoms with Crippen molar-refractivity contribution in [2.75, 3.05) is 6.61 Å². The predicted octanol–water partition coefficient (Wildman–Crippen LogP) is 2.46. The molecule has 1 aliphatic carbocycles. The van der Waals surface area contributed by atoms with Crippen LogP contribution in [-0.2, 0) is 0 Å². The molecule has 0 saturated heterocycles. The SMILES string of the molecule is Cc1cc(C)cc(-n2nc(C(=O)N[C@@H]3C=C[C@H](CO)C3)cc2C)c1. The number of benzene rings is 1. The van der Waals surface area contributed by atoms with E-state index >= 15 is 0 Å². The van der Waals surface area contributed by atoms with Gasteiger partial charge in [0, 0.05) is 24.3 Å². The lowest BCUT2D eigenvalue weighted by Gasteiger charge is -2.11. The smallest absolute Gasteiger partial charge is 0.272 e. The molecule has 1 aromatic heterocycles. The summed E-state index contributed by atoms with van der Waals surface area (Å²) < 4.78 is 1.80. The van der Waals surface area contributed by atoms with Gasteiger partial charge in [-0.2, -0.15) is 5.10 Å². The van der Waals surface area contributed by atoms with E-state index in [1.807, 2.05) is 32.9 Å². The van der Waals surface area contributed by atoms with Gasteiger partial charge in [-0.3, -0.25) is 4.79 Å². The number of carbonyl (C=O) groups is 1. The van der Waals surface area contributed by atoms with Crippen molar-refractivity contribution in [1.29, 1.82) is 0 Å². The molecule has 5 heteroatoms. The number of aliphatic hydroxyl groups is 1. The number of hydrogen-bond acceptors (Lipinski definition) is 3. The molecule has 0 bridgehead atoms. The Labute approximate surface area is 142 Å². The summed E-state index contributed by atoms with van der Waals surface area (Å²) in [6.45, 7) is 6.15. The number of rotatable bonds is 4. The van der Waals surface area contributed by atoms with E-state index in [-0.39, 0.29) is 24.5 Å². The van der Waals surface area contributed by atoms with Crippen molar-refractivity contribution < 1.29 is 9.90 Å². The van der Waals surface area contributed by atoms with Crippen molar-refractivity contribution >= 4 is 5.91 Å². The summed E-state index contributed by atoms with van der Waals surface area (Å²) in [6.07, 6.45) is 4.62. The minimum atomic E-state index is -0.186. The van der Waals surface area contributed by atoms with Crippen LogP contribution >= 0.6 is 0 Å². The molecular weight excluding hydrogens is 302 g/mol. The number of nitrogens with zero attached hydrogens (tertiary/aromatic N) is 2. The maximum Gasteiger partial charge on any atom is 0.272 e. The Morgan fingerprint density at radius 1 is 1.21 bits per heavy atom. The van der Waals surface area contributed by atoms with Crippen molar-refractivity contribution in [2.45, 2.75) is 33.2 Å². The summed E-state index contributed by atoms with van der Waals surface area (Å²) in [6, 6.07) is 7.98. The van der Waals surface area contributed by atoms with E-state index in [0.29, 0.717) is 5.69 Å². The van der Waals surface area contributed by atoms with Gasteiger partial charge in [0.15, 0.2) is 5.69 Å². The summed E-state index contributed by atoms with van der Waals surface area (Å²) >= 11 is 0. The van der Waals surface area contributed by atoms with Crippen molar-refractivity contribution in [3.05, 3.63) is 58.9 Å². The van der Waals surface area contributed by atoms with Crippen LogP contribution in [0.25, 0.3) is 5.69 Å². The molecule has 0 fully saturated rings. The Kier molecular flexibility index (Phi) is 4.53. The van der Waals surface area contributed by atoms with Crippen LogP contribution in [0.3, 0.4) is 0 Å². The van der Waals surface area contributed by atoms with Crippen LogP contribution in [0.5, 0.6) is 0 Å². The molecule has 1 amide bonds. The highest BCUT2D eigenvalue weighted by Gasteiger charge is 2.22. The Morgan fingerprint density at radius 3 is 2.54 bits per heavy atom. The number of nitrogens with one attached hydrogen (secondary N) is 1. The Bertz CT molecular complexity index is 772. The van der Waals surface area contributed by atoms with Crippen LogP contribution in [0.1, 0.15) is 33.7 Å². The van der Waals surface area contributed by atoms with Crippen LogP contribution in [0.4, 0.5) is 0 Å². The minimum Gasteiger partial charge on any atom is -0.396 e. The Balaban J connectivity index is 1.78. The van der Waals surface area contributed by atoms with Crippen LogP contribution in [0.2, 0.25) is 0 Å². The van der Waals surface area contributed by atoms with E-state index in [2.05, 4.69) is 28.6 Å². The molecule has 1 aliphatic rings. The third-order valence-corrected chi connectivity index (χ3v) is 4.29. The van der Waals surface area contributed by atoms with Gasteiger partial charge in [0.25, 0.3) is 5.91 Å². The molecule has 2 N–H and O–H groups in total. The van der Waals surface area contributed by atoms with E-state index in [1.54, 1.807) is 10.7 Å². The fourth-order valence-corrected chi connectivity index (χ4v) is 3.18. The molecule has 0 spiro atoms. The second-order valence-corrected chi connectivity index (χ2v) is 6.57. The van der Waals surface area contributed by atoms with Gasteiger partial charge in [0.2, 0.25) is 0 Å². The van der Waals surface area contributed by atoms with E-state index in [1.165, 1.54) is 0 Å². The molecule has 126 valence electrons. The third kappa shape index (κ3) is 3.41. The van der Waals surface area contributed by atoms with Crippen LogP contribution < -0.4 is 5.32 Å². The summed E-state index contributed by atoms with van der Waals surface area (Å²) in [5.74, 6) is -0.0562. The van der Waals surface area contributed by atoms with Crippen LogP contribution in [-0.4, -0.2) is 33.4 Å². The van der Waals surface area contributed by atoms with E-state index in [9.17, 15) is 4.79 Å². The molecule has 3 rings (SSSR count). The highest BCUT2D eigenvalue weighted by Crippen LogP contribution is 2.19. The highest BCUT2D eigenvalue weighted by atomic mass is 16.3. The molecule has 2 atom stereocenters. The molecule has 1 aromatic carbocycles. The maximum atomic E-state index is 12.4. The molecule has 0 aliphatic heterocycles. The largest absolute Gasteiger partial charge is 0.396 e. The average molecular weight is 325 g/mol. The second kappa shape index (κ2) is 6.61. The zero-order chi connectivity index (χ0) is 17.3. The molecule has 0 saturated carbocycles. The molecule has 24 heavy (non-hydrogen) atoms. The monoisotopic (exact) mass is 325 g/mol. The van der Waals surface area contributed by atoms with Crippen LogP contribution in [0.15, 0.2) is 36.4 Å². The number of amides is 1. The number of aromatic nitrogens is 2. The molecule has 0 radical (unpaired) electrons. The van der Waals surface area contributed by atoms with Gasteiger partial charge >= 0.3 is 0 Å². The molecular formula is C19H23N3O2. The summed E-state index contributed by atoms with van der Waals surface area (Å²) in [5.41, 5.74) is 4.62. The minimum absolute atomic E-state index is 0.0404. The quantitative estimate of drug-likeness (QED) is 0.849. The van der Waals surface area contributed by atoms with E-state index in [4.69, 9.17) is 5.11 Å². The second-order valence-electron chi connectivity index (χ2n) is 6.57. The first kappa shape index (κ1) is 16.5. The van der Waals surface area contributed by atoms with Gasteiger partial charge in [0.05, 0.1) is 5.69 Å². The number of hydrogen-bond donors (Lipinski definition) is 2. The number of aliphatic hydroxyl groups excluding tert-OH is 1. The summed E-state index contributed by atoms with van der Waals surface area (Å²) in [7, 11) is 0. The van der Waals surface area contributed by atoms with Gasteiger partial charge < -0.3 is 10.4 Å². The van der Waals surface area contributed by atoms with Crippen molar-refractivity contribution in [1.82, 2.24) is 15.1 Å². The van der Waals surface area contributed by atoms with E-state index in [0.717, 1.165) is 28.9 Å². The van der Waals surface area contributed by atoms with Gasteiger partial charge in [-0.15, -0.1) is 0 Å². The van der Waals surface area contributed by atoms with Gasteiger partial charge in [0.1, 0.15) is 0 Å². The standard InChI is InChI=1S/C19H23N3O2/c1-12-6-13(2)8-17(7-12)22-14(3)9-18(21-22)19(24)20-16-5-4-15(10-16)11-23/h4-9,15-16,23H,10-11H2,1-3H3,(H,20,24)/t15-,16+/m0/s1. The first-order chi connectivity index (χ1) is 11.5. The van der Waals surface area contributed by atoms with Crippen LogP contribution in [0, 0.1) is 26.7 Å². The summed E-state index contributed by atoms with van der Waals surface area (Å²) in [4.78, 5) is 12.4. The lowest BCUT2D eigenvalue weighted by atomic mass is 10.1. The normalized spacial score (nSPS) is 19.7. The zero-order valence-electron chi connectivity index (χ0n) is 14.3. The first-order valence-electron chi connectivity index (χ1n) is 8.21. The zero-order valence-corrected chi connectivity index (χ0v) is 14.3. The van der Waals surface area contributed by atoms with Gasteiger partial charge in [-0.25, -0.2) is 4.68 Å². The highest BCUT2D eigenvalue weighted by molar-refractivity contribution is 5.92. The number of aryl methyl sites for hydroxylation is 3. The molecule has 5 nitrogen and oxygen atoms in total. The average Bonchev–Trinajstić information content (AvgIpc) is 3.12. The lowest BCUT2D eigenvalue weighted by Crippen LogP contribution is -2.33. The lowest BCUT2D eigenvalue weighted by molar-refractivity contribution is 0.0935.